The molecule has 0 aliphatic carbocycles. The standard InChI is InChI=1S/C25H25ClN2O3S/c1-3-23(25(30)28-19-13-12-17(2)22(26)15-19)32-21-11-7-8-18(14-21)27-24(29)16-31-20-9-5-4-6-10-20/h4-15,23H,3,16H2,1-2H3,(H,27,29)(H,28,30). The Kier molecular flexibility index (Phi) is 8.59. The zero-order valence-corrected chi connectivity index (χ0v) is 19.5. The molecule has 0 fully saturated rings. The zero-order valence-electron chi connectivity index (χ0n) is 17.9. The number of ether oxygens (including phenoxy) is 1. The Morgan fingerprint density at radius 3 is 2.44 bits per heavy atom. The smallest absolute Gasteiger partial charge is 0.262 e. The highest BCUT2D eigenvalue weighted by Crippen LogP contribution is 2.29. The van der Waals surface area contributed by atoms with Crippen LogP contribution in [0, 0.1) is 6.92 Å². The predicted octanol–water partition coefficient (Wildman–Crippen LogP) is 6.18. The van der Waals surface area contributed by atoms with Crippen molar-refractivity contribution in [2.45, 2.75) is 30.4 Å². The zero-order chi connectivity index (χ0) is 22.9. The molecule has 0 saturated carbocycles. The van der Waals surface area contributed by atoms with Crippen LogP contribution in [0.15, 0.2) is 77.7 Å². The second-order valence-electron chi connectivity index (χ2n) is 7.15. The first kappa shape index (κ1) is 23.7. The maximum atomic E-state index is 12.8. The lowest BCUT2D eigenvalue weighted by Crippen LogP contribution is -2.24. The van der Waals surface area contributed by atoms with Crippen molar-refractivity contribution in [1.29, 1.82) is 0 Å². The monoisotopic (exact) mass is 468 g/mol. The number of hydrogen-bond acceptors (Lipinski definition) is 4. The molecule has 32 heavy (non-hydrogen) atoms. The van der Waals surface area contributed by atoms with Crippen LogP contribution < -0.4 is 15.4 Å². The Balaban J connectivity index is 1.57. The molecule has 0 aromatic heterocycles. The molecular formula is C25H25ClN2O3S. The summed E-state index contributed by atoms with van der Waals surface area (Å²) >= 11 is 7.60. The molecule has 3 aromatic carbocycles. The first-order valence-corrected chi connectivity index (χ1v) is 11.5. The lowest BCUT2D eigenvalue weighted by atomic mass is 10.2. The van der Waals surface area contributed by atoms with E-state index >= 15 is 0 Å². The quantitative estimate of drug-likeness (QED) is 0.368. The van der Waals surface area contributed by atoms with E-state index in [9.17, 15) is 9.59 Å². The highest BCUT2D eigenvalue weighted by Gasteiger charge is 2.18. The van der Waals surface area contributed by atoms with Gasteiger partial charge < -0.3 is 15.4 Å². The van der Waals surface area contributed by atoms with E-state index < -0.39 is 0 Å². The van der Waals surface area contributed by atoms with Crippen LogP contribution in [-0.2, 0) is 9.59 Å². The largest absolute Gasteiger partial charge is 0.484 e. The summed E-state index contributed by atoms with van der Waals surface area (Å²) in [5.74, 6) is 0.291. The summed E-state index contributed by atoms with van der Waals surface area (Å²) in [6.45, 7) is 3.80. The molecule has 3 rings (SSSR count). The number of halogens is 1. The van der Waals surface area contributed by atoms with Crippen LogP contribution >= 0.6 is 23.4 Å². The van der Waals surface area contributed by atoms with E-state index in [-0.39, 0.29) is 23.7 Å². The third-order valence-electron chi connectivity index (χ3n) is 4.61. The van der Waals surface area contributed by atoms with Crippen molar-refractivity contribution in [2.24, 2.45) is 0 Å². The Morgan fingerprint density at radius 2 is 1.72 bits per heavy atom. The summed E-state index contributed by atoms with van der Waals surface area (Å²) in [4.78, 5) is 25.9. The molecule has 0 aliphatic heterocycles. The first-order valence-electron chi connectivity index (χ1n) is 10.3. The topological polar surface area (TPSA) is 67.4 Å². The number of nitrogens with one attached hydrogen (secondary N) is 2. The summed E-state index contributed by atoms with van der Waals surface area (Å²) < 4.78 is 5.48. The van der Waals surface area contributed by atoms with Crippen molar-refractivity contribution in [3.8, 4) is 5.75 Å². The van der Waals surface area contributed by atoms with Gasteiger partial charge in [-0.2, -0.15) is 0 Å². The number of anilines is 2. The number of amides is 2. The van der Waals surface area contributed by atoms with Crippen LogP contribution in [0.5, 0.6) is 5.75 Å². The van der Waals surface area contributed by atoms with Gasteiger partial charge in [0.15, 0.2) is 6.61 Å². The molecule has 1 unspecified atom stereocenters. The average Bonchev–Trinajstić information content (AvgIpc) is 2.79. The molecule has 3 aromatic rings. The lowest BCUT2D eigenvalue weighted by Gasteiger charge is -2.16. The molecule has 166 valence electrons. The minimum Gasteiger partial charge on any atom is -0.484 e. The number of rotatable bonds is 9. The predicted molar refractivity (Wildman–Crippen MR) is 132 cm³/mol. The van der Waals surface area contributed by atoms with Gasteiger partial charge in [-0.1, -0.05) is 48.9 Å². The van der Waals surface area contributed by atoms with E-state index in [2.05, 4.69) is 10.6 Å². The number of aryl methyl sites for hydroxylation is 1. The second-order valence-corrected chi connectivity index (χ2v) is 8.83. The van der Waals surface area contributed by atoms with E-state index in [0.29, 0.717) is 28.6 Å². The number of carbonyl (C=O) groups excluding carboxylic acids is 2. The van der Waals surface area contributed by atoms with Gasteiger partial charge >= 0.3 is 0 Å². The molecule has 2 amide bonds. The Morgan fingerprint density at radius 1 is 0.969 bits per heavy atom. The van der Waals surface area contributed by atoms with Crippen molar-refractivity contribution in [3.63, 3.8) is 0 Å². The molecule has 0 bridgehead atoms. The van der Waals surface area contributed by atoms with Crippen LogP contribution in [0.3, 0.4) is 0 Å². The average molecular weight is 469 g/mol. The fraction of sp³-hybridized carbons (Fsp3) is 0.200. The van der Waals surface area contributed by atoms with Crippen LogP contribution in [0.4, 0.5) is 11.4 Å². The number of carbonyl (C=O) groups is 2. The summed E-state index contributed by atoms with van der Waals surface area (Å²) in [5, 5.41) is 6.09. The number of para-hydroxylation sites is 1. The molecule has 0 saturated heterocycles. The van der Waals surface area contributed by atoms with E-state index in [4.69, 9.17) is 16.3 Å². The third kappa shape index (κ3) is 7.04. The van der Waals surface area contributed by atoms with E-state index in [0.717, 1.165) is 10.5 Å². The number of benzene rings is 3. The number of hydrogen-bond donors (Lipinski definition) is 2. The summed E-state index contributed by atoms with van der Waals surface area (Å²) in [6.07, 6.45) is 0.650. The normalized spacial score (nSPS) is 11.5. The van der Waals surface area contributed by atoms with E-state index in [1.165, 1.54) is 11.8 Å². The number of thioether (sulfide) groups is 1. The maximum absolute atomic E-state index is 12.8. The van der Waals surface area contributed by atoms with Crippen LogP contribution in [0.1, 0.15) is 18.9 Å². The van der Waals surface area contributed by atoms with Crippen molar-refractivity contribution in [2.75, 3.05) is 17.2 Å². The Labute approximate surface area is 197 Å². The van der Waals surface area contributed by atoms with Gasteiger partial charge in [-0.05, 0) is 61.4 Å². The van der Waals surface area contributed by atoms with Crippen molar-refractivity contribution in [3.05, 3.63) is 83.4 Å². The molecule has 0 radical (unpaired) electrons. The molecule has 0 spiro atoms. The summed E-state index contributed by atoms with van der Waals surface area (Å²) in [6, 6.07) is 22.1. The molecule has 1 atom stereocenters. The first-order chi connectivity index (χ1) is 15.4. The summed E-state index contributed by atoms with van der Waals surface area (Å²) in [7, 11) is 0. The maximum Gasteiger partial charge on any atom is 0.262 e. The van der Waals surface area contributed by atoms with Crippen molar-refractivity contribution in [1.82, 2.24) is 0 Å². The van der Waals surface area contributed by atoms with Crippen LogP contribution in [-0.4, -0.2) is 23.7 Å². The van der Waals surface area contributed by atoms with Gasteiger partial charge in [0.2, 0.25) is 5.91 Å². The fourth-order valence-corrected chi connectivity index (χ4v) is 4.08. The molecule has 0 heterocycles. The van der Waals surface area contributed by atoms with E-state index in [1.807, 2.05) is 62.4 Å². The van der Waals surface area contributed by atoms with Gasteiger partial charge in [-0.25, -0.2) is 0 Å². The molecule has 7 heteroatoms. The highest BCUT2D eigenvalue weighted by atomic mass is 35.5. The van der Waals surface area contributed by atoms with Crippen LogP contribution in [0.25, 0.3) is 0 Å². The van der Waals surface area contributed by atoms with Gasteiger partial charge in [0.25, 0.3) is 5.91 Å². The molecule has 2 N–H and O–H groups in total. The SMILES string of the molecule is CCC(Sc1cccc(NC(=O)COc2ccccc2)c1)C(=O)Nc1ccc(C)c(Cl)c1. The summed E-state index contributed by atoms with van der Waals surface area (Å²) in [5.41, 5.74) is 2.28. The third-order valence-corrected chi connectivity index (χ3v) is 6.38. The van der Waals surface area contributed by atoms with Gasteiger partial charge in [-0.15, -0.1) is 11.8 Å². The van der Waals surface area contributed by atoms with Gasteiger partial charge in [-0.3, -0.25) is 9.59 Å². The van der Waals surface area contributed by atoms with Gasteiger partial charge in [0.1, 0.15) is 5.75 Å². The van der Waals surface area contributed by atoms with Gasteiger partial charge in [0, 0.05) is 21.3 Å². The van der Waals surface area contributed by atoms with Crippen molar-refractivity contribution < 1.29 is 14.3 Å². The lowest BCUT2D eigenvalue weighted by molar-refractivity contribution is -0.118. The highest BCUT2D eigenvalue weighted by molar-refractivity contribution is 8.00. The minimum absolute atomic E-state index is 0.0829. The Bertz CT molecular complexity index is 1080. The minimum atomic E-state index is -0.289. The second kappa shape index (κ2) is 11.6. The fourth-order valence-electron chi connectivity index (χ4n) is 2.89. The van der Waals surface area contributed by atoms with Crippen LogP contribution in [0.2, 0.25) is 5.02 Å². The van der Waals surface area contributed by atoms with Gasteiger partial charge in [0.05, 0.1) is 5.25 Å². The Hall–Kier alpha value is -2.96. The molecule has 0 aliphatic rings. The molecular weight excluding hydrogens is 444 g/mol. The van der Waals surface area contributed by atoms with Crippen molar-refractivity contribution >= 4 is 46.6 Å². The molecule has 5 nitrogen and oxygen atoms in total. The van der Waals surface area contributed by atoms with E-state index in [1.54, 1.807) is 24.3 Å².